The predicted molar refractivity (Wildman–Crippen MR) is 142 cm³/mol. The number of anilines is 1. The average molecular weight is 528 g/mol. The molecule has 0 unspecified atom stereocenters. The van der Waals surface area contributed by atoms with Crippen LogP contribution in [0.4, 0.5) is 11.4 Å². The fraction of sp³-hybridized carbons (Fsp3) is 0.280. The lowest BCUT2D eigenvalue weighted by Gasteiger charge is -2.14. The quantitative estimate of drug-likeness (QED) is 0.106. The van der Waals surface area contributed by atoms with Crippen LogP contribution in [-0.4, -0.2) is 45.1 Å². The van der Waals surface area contributed by atoms with Crippen molar-refractivity contribution in [3.63, 3.8) is 0 Å². The molecule has 2 amide bonds. The zero-order valence-corrected chi connectivity index (χ0v) is 21.2. The third kappa shape index (κ3) is 7.46. The van der Waals surface area contributed by atoms with Gasteiger partial charge in [-0.15, -0.1) is 0 Å². The molecule has 1 N–H and O–H groups in total. The maximum absolute atomic E-state index is 12.7. The first-order chi connectivity index (χ1) is 17.3. The minimum Gasteiger partial charge on any atom is -0.462 e. The highest BCUT2D eigenvalue weighted by Gasteiger charge is 2.31. The first-order valence-electron chi connectivity index (χ1n) is 11.4. The van der Waals surface area contributed by atoms with Gasteiger partial charge in [0.05, 0.1) is 22.0 Å². The summed E-state index contributed by atoms with van der Waals surface area (Å²) in [6.45, 7) is 2.49. The normalized spacial score (nSPS) is 14.2. The SMILES string of the molecule is CCOC(=O)c1ccc(NC(=O)CCCCCN2C(=O)/C(=C/c3ccc([N+](=O)[O-])cc3)SC2=S)cc1. The third-order valence-electron chi connectivity index (χ3n) is 5.24. The molecular weight excluding hydrogens is 502 g/mol. The zero-order chi connectivity index (χ0) is 26.1. The Hall–Kier alpha value is -3.57. The summed E-state index contributed by atoms with van der Waals surface area (Å²) >= 11 is 6.55. The van der Waals surface area contributed by atoms with Gasteiger partial charge in [-0.25, -0.2) is 4.79 Å². The van der Waals surface area contributed by atoms with Crippen molar-refractivity contribution in [1.82, 2.24) is 4.90 Å². The number of nitrogens with one attached hydrogen (secondary N) is 1. The van der Waals surface area contributed by atoms with E-state index in [1.165, 1.54) is 23.9 Å². The lowest BCUT2D eigenvalue weighted by Crippen LogP contribution is -2.29. The summed E-state index contributed by atoms with van der Waals surface area (Å²) in [5, 5.41) is 13.6. The van der Waals surface area contributed by atoms with Crippen molar-refractivity contribution in [2.75, 3.05) is 18.5 Å². The molecule has 0 aromatic heterocycles. The number of rotatable bonds is 11. The number of hydrogen-bond acceptors (Lipinski definition) is 8. The number of nitro benzene ring substituents is 1. The molecule has 3 rings (SSSR count). The summed E-state index contributed by atoms with van der Waals surface area (Å²) in [4.78, 5) is 48.9. The topological polar surface area (TPSA) is 119 Å². The molecular formula is C25H25N3O6S2. The maximum Gasteiger partial charge on any atom is 0.338 e. The summed E-state index contributed by atoms with van der Waals surface area (Å²) in [6.07, 6.45) is 4.09. The van der Waals surface area contributed by atoms with E-state index in [0.29, 0.717) is 58.5 Å². The fourth-order valence-corrected chi connectivity index (χ4v) is 4.70. The van der Waals surface area contributed by atoms with Crippen molar-refractivity contribution in [3.05, 3.63) is 74.7 Å². The van der Waals surface area contributed by atoms with E-state index in [9.17, 15) is 24.5 Å². The van der Waals surface area contributed by atoms with Crippen LogP contribution in [0.5, 0.6) is 0 Å². The zero-order valence-electron chi connectivity index (χ0n) is 19.6. The van der Waals surface area contributed by atoms with Crippen molar-refractivity contribution in [3.8, 4) is 0 Å². The lowest BCUT2D eigenvalue weighted by atomic mass is 10.1. The Balaban J connectivity index is 1.40. The Morgan fingerprint density at radius 2 is 1.81 bits per heavy atom. The van der Waals surface area contributed by atoms with E-state index in [1.807, 2.05) is 0 Å². The van der Waals surface area contributed by atoms with Crippen LogP contribution in [0, 0.1) is 10.1 Å². The second-order valence-electron chi connectivity index (χ2n) is 7.84. The molecule has 9 nitrogen and oxygen atoms in total. The van der Waals surface area contributed by atoms with E-state index < -0.39 is 10.9 Å². The largest absolute Gasteiger partial charge is 0.462 e. The number of non-ortho nitro benzene ring substituents is 1. The van der Waals surface area contributed by atoms with Gasteiger partial charge in [0, 0.05) is 30.8 Å². The predicted octanol–water partition coefficient (Wildman–Crippen LogP) is 5.17. The molecule has 1 fully saturated rings. The third-order valence-corrected chi connectivity index (χ3v) is 6.62. The number of unbranched alkanes of at least 4 members (excludes halogenated alkanes) is 2. The first kappa shape index (κ1) is 27.0. The van der Waals surface area contributed by atoms with Crippen LogP contribution in [0.3, 0.4) is 0 Å². The lowest BCUT2D eigenvalue weighted by molar-refractivity contribution is -0.384. The number of ether oxygens (including phenoxy) is 1. The molecule has 188 valence electrons. The molecule has 1 heterocycles. The van der Waals surface area contributed by atoms with Gasteiger partial charge in [0.25, 0.3) is 11.6 Å². The average Bonchev–Trinajstić information content (AvgIpc) is 3.12. The summed E-state index contributed by atoms with van der Waals surface area (Å²) in [7, 11) is 0. The summed E-state index contributed by atoms with van der Waals surface area (Å²) in [6, 6.07) is 12.5. The molecule has 2 aromatic carbocycles. The molecule has 1 aliphatic heterocycles. The highest BCUT2D eigenvalue weighted by molar-refractivity contribution is 8.26. The molecule has 0 saturated carbocycles. The maximum atomic E-state index is 12.7. The van der Waals surface area contributed by atoms with Crippen molar-refractivity contribution in [2.24, 2.45) is 0 Å². The summed E-state index contributed by atoms with van der Waals surface area (Å²) in [5.41, 5.74) is 1.70. The Morgan fingerprint density at radius 1 is 1.11 bits per heavy atom. The number of hydrogen-bond donors (Lipinski definition) is 1. The number of thioether (sulfide) groups is 1. The van der Waals surface area contributed by atoms with Crippen LogP contribution in [0.2, 0.25) is 0 Å². The van der Waals surface area contributed by atoms with Crippen LogP contribution in [0.15, 0.2) is 53.4 Å². The number of esters is 1. The van der Waals surface area contributed by atoms with Crippen molar-refractivity contribution < 1.29 is 24.0 Å². The monoisotopic (exact) mass is 527 g/mol. The second-order valence-corrected chi connectivity index (χ2v) is 9.51. The number of benzene rings is 2. The van der Waals surface area contributed by atoms with E-state index in [2.05, 4.69) is 5.32 Å². The smallest absolute Gasteiger partial charge is 0.338 e. The Labute approximate surface area is 218 Å². The fourth-order valence-electron chi connectivity index (χ4n) is 3.40. The number of amides is 2. The molecule has 1 saturated heterocycles. The molecule has 2 aromatic rings. The van der Waals surface area contributed by atoms with Gasteiger partial charge in [-0.2, -0.15) is 0 Å². The van der Waals surface area contributed by atoms with E-state index in [1.54, 1.807) is 54.3 Å². The van der Waals surface area contributed by atoms with Crippen LogP contribution >= 0.6 is 24.0 Å². The Morgan fingerprint density at radius 3 is 2.44 bits per heavy atom. The second kappa shape index (κ2) is 12.9. The van der Waals surface area contributed by atoms with E-state index >= 15 is 0 Å². The minimum absolute atomic E-state index is 0.0136. The molecule has 1 aliphatic rings. The number of nitro groups is 1. The van der Waals surface area contributed by atoms with Gasteiger partial charge in [-0.3, -0.25) is 24.6 Å². The van der Waals surface area contributed by atoms with Gasteiger partial charge in [0.15, 0.2) is 0 Å². The van der Waals surface area contributed by atoms with Crippen LogP contribution < -0.4 is 5.32 Å². The van der Waals surface area contributed by atoms with Crippen molar-refractivity contribution in [1.29, 1.82) is 0 Å². The van der Waals surface area contributed by atoms with Crippen molar-refractivity contribution in [2.45, 2.75) is 32.6 Å². The Bertz CT molecular complexity index is 1180. The number of carbonyl (C=O) groups is 3. The summed E-state index contributed by atoms with van der Waals surface area (Å²) in [5.74, 6) is -0.721. The Kier molecular flexibility index (Phi) is 9.71. The molecule has 0 bridgehead atoms. The first-order valence-corrected chi connectivity index (χ1v) is 12.6. The van der Waals surface area contributed by atoms with Crippen LogP contribution in [0.25, 0.3) is 6.08 Å². The van der Waals surface area contributed by atoms with Crippen LogP contribution in [-0.2, 0) is 14.3 Å². The molecule has 0 radical (unpaired) electrons. The number of carbonyl (C=O) groups excluding carboxylic acids is 3. The van der Waals surface area contributed by atoms with E-state index in [4.69, 9.17) is 17.0 Å². The van der Waals surface area contributed by atoms with Gasteiger partial charge >= 0.3 is 5.97 Å². The molecule has 0 spiro atoms. The standard InChI is InChI=1S/C25H25N3O6S2/c1-2-34-24(31)18-9-11-19(12-10-18)26-22(29)6-4-3-5-15-27-23(30)21(36-25(27)35)16-17-7-13-20(14-8-17)28(32)33/h7-14,16H,2-6,15H2,1H3,(H,26,29)/b21-16-. The van der Waals surface area contributed by atoms with Gasteiger partial charge in [-0.05, 0) is 67.8 Å². The molecule has 36 heavy (non-hydrogen) atoms. The van der Waals surface area contributed by atoms with E-state index in [0.717, 1.165) is 6.42 Å². The van der Waals surface area contributed by atoms with Crippen molar-refractivity contribution >= 4 is 63.5 Å². The highest BCUT2D eigenvalue weighted by Crippen LogP contribution is 2.33. The van der Waals surface area contributed by atoms with Gasteiger partial charge in [-0.1, -0.05) is 30.4 Å². The highest BCUT2D eigenvalue weighted by atomic mass is 32.2. The molecule has 0 atom stereocenters. The number of nitrogens with zero attached hydrogens (tertiary/aromatic N) is 2. The van der Waals surface area contributed by atoms with E-state index in [-0.39, 0.29) is 17.5 Å². The van der Waals surface area contributed by atoms with Gasteiger partial charge in [0.2, 0.25) is 5.91 Å². The molecule has 0 aliphatic carbocycles. The number of thiocarbonyl (C=S) groups is 1. The summed E-state index contributed by atoms with van der Waals surface area (Å²) < 4.78 is 5.40. The van der Waals surface area contributed by atoms with Gasteiger partial charge < -0.3 is 10.1 Å². The minimum atomic E-state index is -0.475. The van der Waals surface area contributed by atoms with Gasteiger partial charge in [0.1, 0.15) is 4.32 Å². The van der Waals surface area contributed by atoms with Crippen LogP contribution in [0.1, 0.15) is 48.5 Å². The molecule has 11 heteroatoms.